The van der Waals surface area contributed by atoms with Gasteiger partial charge in [-0.05, 0) is 6.92 Å². The molecule has 0 saturated carbocycles. The monoisotopic (exact) mass is 333 g/mol. The van der Waals surface area contributed by atoms with E-state index in [1.165, 1.54) is 19.4 Å². The molecule has 0 aliphatic carbocycles. The number of aryl methyl sites for hydroxylation is 2. The number of hydrogen-bond acceptors (Lipinski definition) is 4. The molecule has 2 aromatic heterocycles. The lowest BCUT2D eigenvalue weighted by molar-refractivity contribution is -0.141. The van der Waals surface area contributed by atoms with Crippen LogP contribution in [0.15, 0.2) is 12.4 Å². The number of nitrogens with one attached hydrogen (secondary N) is 1. The first-order chi connectivity index (χ1) is 10.2. The topological polar surface area (TPSA) is 72.7 Å². The van der Waals surface area contributed by atoms with Crippen molar-refractivity contribution < 1.29 is 18.0 Å². The molecule has 10 heteroatoms. The Bertz CT molecular complexity index is 696. The second-order valence-corrected chi connectivity index (χ2v) is 4.84. The third-order valence-electron chi connectivity index (χ3n) is 2.74. The van der Waals surface area contributed by atoms with Crippen LogP contribution in [-0.2, 0) is 19.8 Å². The Morgan fingerprint density at radius 1 is 1.36 bits per heavy atom. The van der Waals surface area contributed by atoms with E-state index in [2.05, 4.69) is 20.4 Å². The summed E-state index contributed by atoms with van der Waals surface area (Å²) in [7, 11) is 1.21. The van der Waals surface area contributed by atoms with Crippen LogP contribution in [0.25, 0.3) is 0 Å². The van der Waals surface area contributed by atoms with Crippen molar-refractivity contribution in [1.29, 1.82) is 0 Å². The molecule has 2 aromatic rings. The Kier molecular flexibility index (Phi) is 4.36. The summed E-state index contributed by atoms with van der Waals surface area (Å²) in [4.78, 5) is 20.0. The van der Waals surface area contributed by atoms with Crippen LogP contribution < -0.4 is 5.32 Å². The number of nitrogens with zero attached hydrogens (tertiary/aromatic N) is 4. The number of carbonyl (C=O) groups is 1. The third-order valence-corrected chi connectivity index (χ3v) is 3.10. The molecule has 0 aromatic carbocycles. The van der Waals surface area contributed by atoms with E-state index in [1.807, 2.05) is 0 Å². The molecular formula is C12H11ClF3N5O. The van der Waals surface area contributed by atoms with E-state index < -0.39 is 22.8 Å². The molecule has 118 valence electrons. The highest BCUT2D eigenvalue weighted by atomic mass is 35.5. The van der Waals surface area contributed by atoms with Crippen molar-refractivity contribution in [3.05, 3.63) is 40.2 Å². The van der Waals surface area contributed by atoms with Crippen LogP contribution in [0.5, 0.6) is 0 Å². The van der Waals surface area contributed by atoms with Gasteiger partial charge in [0, 0.05) is 13.2 Å². The fraction of sp³-hybridized carbons (Fsp3) is 0.333. The summed E-state index contributed by atoms with van der Waals surface area (Å²) in [5.74, 6) is -0.780. The van der Waals surface area contributed by atoms with E-state index in [0.29, 0.717) is 11.4 Å². The maximum absolute atomic E-state index is 12.7. The fourth-order valence-electron chi connectivity index (χ4n) is 1.69. The normalized spacial score (nSPS) is 11.5. The second kappa shape index (κ2) is 5.91. The third kappa shape index (κ3) is 3.35. The van der Waals surface area contributed by atoms with E-state index in [1.54, 1.807) is 6.92 Å². The van der Waals surface area contributed by atoms with Crippen molar-refractivity contribution in [3.63, 3.8) is 0 Å². The molecule has 2 heterocycles. The van der Waals surface area contributed by atoms with Gasteiger partial charge >= 0.3 is 6.18 Å². The molecule has 0 unspecified atom stereocenters. The minimum atomic E-state index is -4.73. The van der Waals surface area contributed by atoms with Gasteiger partial charge in [-0.1, -0.05) is 11.6 Å². The fourth-order valence-corrected chi connectivity index (χ4v) is 2.04. The molecule has 2 rings (SSSR count). The molecule has 0 fully saturated rings. The van der Waals surface area contributed by atoms with Crippen molar-refractivity contribution in [2.24, 2.45) is 7.05 Å². The standard InChI is InChI=1S/C12H11ClF3N5O/c1-6-3-18-7(4-17-6)5-19-11(22)9-8(13)10(12(14,15)16)20-21(9)2/h3-4H,5H2,1-2H3,(H,19,22). The van der Waals surface area contributed by atoms with E-state index in [0.717, 1.165) is 4.68 Å². The van der Waals surface area contributed by atoms with Crippen LogP contribution in [0.2, 0.25) is 5.02 Å². The first-order valence-electron chi connectivity index (χ1n) is 6.05. The van der Waals surface area contributed by atoms with Gasteiger partial charge in [0.1, 0.15) is 10.7 Å². The van der Waals surface area contributed by atoms with E-state index in [-0.39, 0.29) is 12.2 Å². The van der Waals surface area contributed by atoms with Crippen molar-refractivity contribution >= 4 is 17.5 Å². The zero-order valence-corrected chi connectivity index (χ0v) is 12.3. The van der Waals surface area contributed by atoms with E-state index >= 15 is 0 Å². The summed E-state index contributed by atoms with van der Waals surface area (Å²) in [6.45, 7) is 1.76. The van der Waals surface area contributed by atoms with Crippen LogP contribution >= 0.6 is 11.6 Å². The Hall–Kier alpha value is -2.16. The highest BCUT2D eigenvalue weighted by Crippen LogP contribution is 2.35. The lowest BCUT2D eigenvalue weighted by Gasteiger charge is -2.05. The highest BCUT2D eigenvalue weighted by Gasteiger charge is 2.39. The zero-order valence-electron chi connectivity index (χ0n) is 11.6. The predicted octanol–water partition coefficient (Wildman–Crippen LogP) is 2.12. The number of carbonyl (C=O) groups excluding carboxylic acids is 1. The molecule has 0 radical (unpaired) electrons. The van der Waals surface area contributed by atoms with Gasteiger partial charge in [0.2, 0.25) is 0 Å². The minimum Gasteiger partial charge on any atom is -0.345 e. The molecule has 0 saturated heterocycles. The molecule has 0 aliphatic heterocycles. The highest BCUT2D eigenvalue weighted by molar-refractivity contribution is 6.34. The van der Waals surface area contributed by atoms with Gasteiger partial charge in [-0.25, -0.2) is 0 Å². The van der Waals surface area contributed by atoms with Crippen molar-refractivity contribution in [3.8, 4) is 0 Å². The molecule has 0 bridgehead atoms. The molecular weight excluding hydrogens is 323 g/mol. The van der Waals surface area contributed by atoms with Gasteiger partial charge in [0.25, 0.3) is 5.91 Å². The van der Waals surface area contributed by atoms with Crippen molar-refractivity contribution in [2.45, 2.75) is 19.6 Å². The number of alkyl halides is 3. The molecule has 22 heavy (non-hydrogen) atoms. The average molecular weight is 334 g/mol. The van der Waals surface area contributed by atoms with Crippen LogP contribution in [-0.4, -0.2) is 25.7 Å². The lowest BCUT2D eigenvalue weighted by atomic mass is 10.3. The quantitative estimate of drug-likeness (QED) is 0.934. The Balaban J connectivity index is 2.16. The Morgan fingerprint density at radius 2 is 2.05 bits per heavy atom. The first kappa shape index (κ1) is 16.2. The number of aromatic nitrogens is 4. The summed E-state index contributed by atoms with van der Waals surface area (Å²) in [5.41, 5.74) is -0.487. The molecule has 1 amide bonds. The summed E-state index contributed by atoms with van der Waals surface area (Å²) in [5, 5.41) is 4.93. The van der Waals surface area contributed by atoms with E-state index in [4.69, 9.17) is 11.6 Å². The van der Waals surface area contributed by atoms with Crippen LogP contribution in [0.1, 0.15) is 27.6 Å². The lowest BCUT2D eigenvalue weighted by Crippen LogP contribution is -2.26. The van der Waals surface area contributed by atoms with Crippen LogP contribution in [0.3, 0.4) is 0 Å². The SMILES string of the molecule is Cc1cnc(CNC(=O)c2c(Cl)c(C(F)(F)F)nn2C)cn1. The Morgan fingerprint density at radius 3 is 2.55 bits per heavy atom. The smallest absolute Gasteiger partial charge is 0.345 e. The first-order valence-corrected chi connectivity index (χ1v) is 6.43. The van der Waals surface area contributed by atoms with E-state index in [9.17, 15) is 18.0 Å². The zero-order chi connectivity index (χ0) is 16.5. The summed E-state index contributed by atoms with van der Waals surface area (Å²) in [6.07, 6.45) is -1.75. The predicted molar refractivity (Wildman–Crippen MR) is 71.2 cm³/mol. The number of rotatable bonds is 3. The van der Waals surface area contributed by atoms with Gasteiger partial charge in [0.05, 0.1) is 24.1 Å². The van der Waals surface area contributed by atoms with Gasteiger partial charge in [0.15, 0.2) is 5.69 Å². The molecule has 1 N–H and O–H groups in total. The largest absolute Gasteiger partial charge is 0.436 e. The van der Waals surface area contributed by atoms with Gasteiger partial charge in [-0.2, -0.15) is 18.3 Å². The maximum atomic E-state index is 12.7. The maximum Gasteiger partial charge on any atom is 0.436 e. The molecule has 0 aliphatic rings. The van der Waals surface area contributed by atoms with Crippen LogP contribution in [0, 0.1) is 6.92 Å². The number of halogens is 4. The number of hydrogen-bond donors (Lipinski definition) is 1. The average Bonchev–Trinajstić information content (AvgIpc) is 2.73. The van der Waals surface area contributed by atoms with Crippen molar-refractivity contribution in [1.82, 2.24) is 25.1 Å². The van der Waals surface area contributed by atoms with Gasteiger partial charge < -0.3 is 5.32 Å². The minimum absolute atomic E-state index is 0.00890. The molecule has 0 spiro atoms. The van der Waals surface area contributed by atoms with Crippen molar-refractivity contribution in [2.75, 3.05) is 0 Å². The molecule has 6 nitrogen and oxygen atoms in total. The van der Waals surface area contributed by atoms with Crippen LogP contribution in [0.4, 0.5) is 13.2 Å². The summed E-state index contributed by atoms with van der Waals surface area (Å²) in [6, 6.07) is 0. The second-order valence-electron chi connectivity index (χ2n) is 4.46. The summed E-state index contributed by atoms with van der Waals surface area (Å²) < 4.78 is 38.8. The molecule has 0 atom stereocenters. The van der Waals surface area contributed by atoms with Gasteiger partial charge in [-0.15, -0.1) is 0 Å². The van der Waals surface area contributed by atoms with Gasteiger partial charge in [-0.3, -0.25) is 19.4 Å². The number of amides is 1. The summed E-state index contributed by atoms with van der Waals surface area (Å²) >= 11 is 5.62. The Labute approximate surface area is 128 Å².